The van der Waals surface area contributed by atoms with Crippen LogP contribution in [0.4, 0.5) is 5.69 Å². The van der Waals surface area contributed by atoms with Gasteiger partial charge in [0.1, 0.15) is 0 Å². The van der Waals surface area contributed by atoms with Crippen LogP contribution >= 0.6 is 0 Å². The van der Waals surface area contributed by atoms with Gasteiger partial charge in [-0.05, 0) is 55.3 Å². The minimum Gasteiger partial charge on any atom is -0.334 e. The monoisotopic (exact) mass is 279 g/mol. The Morgan fingerprint density at radius 3 is 2.52 bits per heavy atom. The molecule has 0 atom stereocenters. The minimum absolute atomic E-state index is 0.118. The van der Waals surface area contributed by atoms with Gasteiger partial charge in [0.25, 0.3) is 5.91 Å². The van der Waals surface area contributed by atoms with Crippen LogP contribution in [-0.2, 0) is 7.05 Å². The standard InChI is InChI=1S/C17H17N3O/c1-11-6-12(2)8-14(7-11)19-17(21)13-4-5-16-15(9-13)18-10-20(16)3/h4-10H,1-3H3,(H,19,21). The van der Waals surface area contributed by atoms with E-state index in [1.165, 1.54) is 0 Å². The van der Waals surface area contributed by atoms with Gasteiger partial charge in [0, 0.05) is 18.3 Å². The summed E-state index contributed by atoms with van der Waals surface area (Å²) < 4.78 is 1.93. The van der Waals surface area contributed by atoms with E-state index in [1.54, 1.807) is 6.33 Å². The molecule has 106 valence electrons. The number of aryl methyl sites for hydroxylation is 3. The summed E-state index contributed by atoms with van der Waals surface area (Å²) in [6.45, 7) is 4.03. The summed E-state index contributed by atoms with van der Waals surface area (Å²) in [7, 11) is 1.94. The molecule has 0 saturated heterocycles. The van der Waals surface area contributed by atoms with Crippen LogP contribution in [0.2, 0.25) is 0 Å². The zero-order valence-electron chi connectivity index (χ0n) is 12.3. The highest BCUT2D eigenvalue weighted by Gasteiger charge is 2.09. The van der Waals surface area contributed by atoms with Crippen molar-refractivity contribution in [1.29, 1.82) is 0 Å². The van der Waals surface area contributed by atoms with Gasteiger partial charge in [0.15, 0.2) is 0 Å². The summed E-state index contributed by atoms with van der Waals surface area (Å²) in [4.78, 5) is 16.6. The smallest absolute Gasteiger partial charge is 0.255 e. The van der Waals surface area contributed by atoms with Crippen LogP contribution < -0.4 is 5.32 Å². The van der Waals surface area contributed by atoms with E-state index < -0.39 is 0 Å². The highest BCUT2D eigenvalue weighted by molar-refractivity contribution is 6.06. The molecule has 0 aliphatic heterocycles. The summed E-state index contributed by atoms with van der Waals surface area (Å²) in [5, 5.41) is 2.94. The van der Waals surface area contributed by atoms with Crippen LogP contribution in [0.5, 0.6) is 0 Å². The lowest BCUT2D eigenvalue weighted by molar-refractivity contribution is 0.102. The number of anilines is 1. The molecule has 3 rings (SSSR count). The van der Waals surface area contributed by atoms with Gasteiger partial charge in [-0.1, -0.05) is 6.07 Å². The first-order valence-electron chi connectivity index (χ1n) is 6.84. The highest BCUT2D eigenvalue weighted by atomic mass is 16.1. The Bertz CT molecular complexity index is 813. The molecule has 0 fully saturated rings. The van der Waals surface area contributed by atoms with Gasteiger partial charge < -0.3 is 9.88 Å². The largest absolute Gasteiger partial charge is 0.334 e. The van der Waals surface area contributed by atoms with Crippen molar-refractivity contribution >= 4 is 22.6 Å². The van der Waals surface area contributed by atoms with Gasteiger partial charge in [0.2, 0.25) is 0 Å². The third-order valence-corrected chi connectivity index (χ3v) is 3.47. The first kappa shape index (κ1) is 13.4. The van der Waals surface area contributed by atoms with Crippen LogP contribution in [0.1, 0.15) is 21.5 Å². The predicted octanol–water partition coefficient (Wildman–Crippen LogP) is 3.44. The molecule has 0 aliphatic carbocycles. The maximum atomic E-state index is 12.3. The van der Waals surface area contributed by atoms with E-state index >= 15 is 0 Å². The van der Waals surface area contributed by atoms with Gasteiger partial charge >= 0.3 is 0 Å². The van der Waals surface area contributed by atoms with E-state index in [1.807, 2.05) is 55.8 Å². The number of amides is 1. The molecule has 1 heterocycles. The van der Waals surface area contributed by atoms with Crippen LogP contribution in [0.3, 0.4) is 0 Å². The molecule has 4 heteroatoms. The fraction of sp³-hybridized carbons (Fsp3) is 0.176. The second-order valence-corrected chi connectivity index (χ2v) is 5.39. The van der Waals surface area contributed by atoms with E-state index in [4.69, 9.17) is 0 Å². The summed E-state index contributed by atoms with van der Waals surface area (Å²) >= 11 is 0. The van der Waals surface area contributed by atoms with Crippen molar-refractivity contribution in [1.82, 2.24) is 9.55 Å². The maximum absolute atomic E-state index is 12.3. The molecule has 1 N–H and O–H groups in total. The summed E-state index contributed by atoms with van der Waals surface area (Å²) in [5.74, 6) is -0.118. The Labute approximate surface area is 123 Å². The average Bonchev–Trinajstić information content (AvgIpc) is 2.78. The number of benzene rings is 2. The average molecular weight is 279 g/mol. The quantitative estimate of drug-likeness (QED) is 0.781. The lowest BCUT2D eigenvalue weighted by Crippen LogP contribution is -2.12. The number of carbonyl (C=O) groups excluding carboxylic acids is 1. The van der Waals surface area contributed by atoms with E-state index in [0.717, 1.165) is 27.8 Å². The second kappa shape index (κ2) is 5.05. The number of imidazole rings is 1. The van der Waals surface area contributed by atoms with Crippen LogP contribution in [0, 0.1) is 13.8 Å². The molecule has 0 radical (unpaired) electrons. The number of nitrogens with one attached hydrogen (secondary N) is 1. The molecule has 1 aromatic heterocycles. The zero-order chi connectivity index (χ0) is 15.0. The second-order valence-electron chi connectivity index (χ2n) is 5.39. The van der Waals surface area contributed by atoms with Crippen molar-refractivity contribution in [2.45, 2.75) is 13.8 Å². The van der Waals surface area contributed by atoms with Crippen molar-refractivity contribution in [3.05, 3.63) is 59.4 Å². The van der Waals surface area contributed by atoms with Crippen molar-refractivity contribution < 1.29 is 4.79 Å². The van der Waals surface area contributed by atoms with Crippen molar-refractivity contribution in [3.63, 3.8) is 0 Å². The molecule has 0 saturated carbocycles. The zero-order valence-corrected chi connectivity index (χ0v) is 12.3. The van der Waals surface area contributed by atoms with E-state index in [9.17, 15) is 4.79 Å². The van der Waals surface area contributed by atoms with Gasteiger partial charge in [-0.3, -0.25) is 4.79 Å². The fourth-order valence-corrected chi connectivity index (χ4v) is 2.53. The van der Waals surface area contributed by atoms with Crippen LogP contribution in [0.25, 0.3) is 11.0 Å². The Morgan fingerprint density at radius 1 is 1.10 bits per heavy atom. The molecular formula is C17H17N3O. The van der Waals surface area contributed by atoms with E-state index in [-0.39, 0.29) is 5.91 Å². The Morgan fingerprint density at radius 2 is 1.81 bits per heavy atom. The Hall–Kier alpha value is -2.62. The van der Waals surface area contributed by atoms with Crippen molar-refractivity contribution in [3.8, 4) is 0 Å². The molecule has 21 heavy (non-hydrogen) atoms. The molecule has 0 unspecified atom stereocenters. The normalized spacial score (nSPS) is 10.8. The van der Waals surface area contributed by atoms with E-state index in [2.05, 4.69) is 16.4 Å². The number of aromatic nitrogens is 2. The molecule has 3 aromatic rings. The first-order valence-corrected chi connectivity index (χ1v) is 6.84. The Kier molecular flexibility index (Phi) is 3.22. The molecular weight excluding hydrogens is 262 g/mol. The third kappa shape index (κ3) is 2.65. The number of rotatable bonds is 2. The van der Waals surface area contributed by atoms with Crippen LogP contribution in [0.15, 0.2) is 42.7 Å². The maximum Gasteiger partial charge on any atom is 0.255 e. The highest BCUT2D eigenvalue weighted by Crippen LogP contribution is 2.17. The fourth-order valence-electron chi connectivity index (χ4n) is 2.53. The van der Waals surface area contributed by atoms with Gasteiger partial charge in [0.05, 0.1) is 17.4 Å². The van der Waals surface area contributed by atoms with Gasteiger partial charge in [-0.15, -0.1) is 0 Å². The summed E-state index contributed by atoms with van der Waals surface area (Å²) in [6, 6.07) is 11.6. The SMILES string of the molecule is Cc1cc(C)cc(NC(=O)c2ccc3c(c2)ncn3C)c1. The number of fused-ring (bicyclic) bond motifs is 1. The lowest BCUT2D eigenvalue weighted by Gasteiger charge is -2.08. The predicted molar refractivity (Wildman–Crippen MR) is 84.6 cm³/mol. The number of hydrogen-bond acceptors (Lipinski definition) is 2. The number of nitrogens with zero attached hydrogens (tertiary/aromatic N) is 2. The summed E-state index contributed by atoms with van der Waals surface area (Å²) in [6.07, 6.45) is 1.75. The Balaban J connectivity index is 1.89. The van der Waals surface area contributed by atoms with Crippen LogP contribution in [-0.4, -0.2) is 15.5 Å². The number of hydrogen-bond donors (Lipinski definition) is 1. The first-order chi connectivity index (χ1) is 10.0. The molecule has 0 bridgehead atoms. The molecule has 0 spiro atoms. The molecule has 1 amide bonds. The molecule has 0 aliphatic rings. The topological polar surface area (TPSA) is 46.9 Å². The molecule has 2 aromatic carbocycles. The minimum atomic E-state index is -0.118. The van der Waals surface area contributed by atoms with Gasteiger partial charge in [-0.25, -0.2) is 4.98 Å². The third-order valence-electron chi connectivity index (χ3n) is 3.47. The number of carbonyl (C=O) groups is 1. The lowest BCUT2D eigenvalue weighted by atomic mass is 10.1. The molecule has 4 nitrogen and oxygen atoms in total. The van der Waals surface area contributed by atoms with E-state index in [0.29, 0.717) is 5.56 Å². The summed E-state index contributed by atoms with van der Waals surface area (Å²) in [5.41, 5.74) is 5.53. The van der Waals surface area contributed by atoms with Crippen molar-refractivity contribution in [2.24, 2.45) is 7.05 Å². The van der Waals surface area contributed by atoms with Gasteiger partial charge in [-0.2, -0.15) is 0 Å². The van der Waals surface area contributed by atoms with Crippen molar-refractivity contribution in [2.75, 3.05) is 5.32 Å².